The molecule has 2 aliphatic rings. The van der Waals surface area contributed by atoms with Gasteiger partial charge in [-0.05, 0) is 11.6 Å². The molecule has 0 spiro atoms. The number of rotatable bonds is 5. The number of nitrogens with zero attached hydrogens (tertiary/aromatic N) is 1. The average molecular weight is 407 g/mol. The van der Waals surface area contributed by atoms with Crippen molar-refractivity contribution >= 4 is 11.9 Å². The zero-order valence-electron chi connectivity index (χ0n) is 16.6. The summed E-state index contributed by atoms with van der Waals surface area (Å²) in [5, 5.41) is 15.6. The van der Waals surface area contributed by atoms with Crippen LogP contribution in [0, 0.1) is 0 Å². The Morgan fingerprint density at radius 1 is 1.07 bits per heavy atom. The molecule has 2 heterocycles. The van der Waals surface area contributed by atoms with Gasteiger partial charge >= 0.3 is 11.9 Å². The van der Waals surface area contributed by atoms with E-state index in [1.165, 1.54) is 11.1 Å². The van der Waals surface area contributed by atoms with Crippen molar-refractivity contribution in [3.05, 3.63) is 90.5 Å². The largest absolute Gasteiger partial charge is 0.482 e. The molecule has 156 valence electrons. The molecule has 2 aromatic carbocycles. The Morgan fingerprint density at radius 3 is 2.33 bits per heavy atom. The minimum absolute atomic E-state index is 0.206. The molecule has 30 heavy (non-hydrogen) atoms. The fourth-order valence-electron chi connectivity index (χ4n) is 4.14. The fourth-order valence-corrected chi connectivity index (χ4v) is 4.14. The molecule has 2 N–H and O–H groups in total. The molecule has 1 saturated heterocycles. The number of fused-ring (bicyclic) bond motifs is 3. The molecule has 0 radical (unpaired) electrons. The van der Waals surface area contributed by atoms with Gasteiger partial charge in [0.05, 0.1) is 0 Å². The van der Waals surface area contributed by atoms with Crippen LogP contribution in [0.15, 0.2) is 79.4 Å². The average Bonchev–Trinajstić information content (AvgIpc) is 3.09. The van der Waals surface area contributed by atoms with Gasteiger partial charge in [-0.25, -0.2) is 9.59 Å². The van der Waals surface area contributed by atoms with Crippen molar-refractivity contribution in [2.45, 2.75) is 17.9 Å². The quantitative estimate of drug-likeness (QED) is 0.581. The smallest absolute Gasteiger partial charge is 0.328 e. The van der Waals surface area contributed by atoms with E-state index in [2.05, 4.69) is 66.1 Å². The lowest BCUT2D eigenvalue weighted by atomic mass is 9.74. The predicted molar refractivity (Wildman–Crippen MR) is 114 cm³/mol. The first-order chi connectivity index (χ1) is 14.5. The second-order valence-corrected chi connectivity index (χ2v) is 7.26. The maximum atomic E-state index is 9.55. The van der Waals surface area contributed by atoms with E-state index < -0.39 is 11.9 Å². The fraction of sp³-hybridized carbons (Fsp3) is 0.250. The summed E-state index contributed by atoms with van der Waals surface area (Å²) in [6, 6.07) is 19.2. The van der Waals surface area contributed by atoms with Gasteiger partial charge in [-0.15, -0.1) is 6.58 Å². The molecule has 4 rings (SSSR count). The van der Waals surface area contributed by atoms with Crippen LogP contribution < -0.4 is 4.74 Å². The highest BCUT2D eigenvalue weighted by Crippen LogP contribution is 2.54. The van der Waals surface area contributed by atoms with E-state index in [1.807, 2.05) is 6.08 Å². The van der Waals surface area contributed by atoms with Crippen molar-refractivity contribution in [1.29, 1.82) is 0 Å². The normalized spacial score (nSPS) is 22.2. The molecule has 0 aliphatic carbocycles. The van der Waals surface area contributed by atoms with E-state index in [9.17, 15) is 9.59 Å². The number of piperidine rings is 1. The first-order valence-corrected chi connectivity index (χ1v) is 9.77. The SMILES string of the molecule is C=CCN1CC[C@@]2(c3ccccc3)Oc3ccccc3[C@H]2C1.O=C(O)/C=C\C(=O)O. The zero-order chi connectivity index (χ0) is 21.6. The second kappa shape index (κ2) is 9.41. The van der Waals surface area contributed by atoms with Gasteiger partial charge < -0.3 is 14.9 Å². The minimum atomic E-state index is -1.26. The maximum Gasteiger partial charge on any atom is 0.328 e. The van der Waals surface area contributed by atoms with Crippen LogP contribution in [0.4, 0.5) is 0 Å². The Kier molecular flexibility index (Phi) is 6.69. The van der Waals surface area contributed by atoms with Crippen LogP contribution in [0.2, 0.25) is 0 Å². The highest BCUT2D eigenvalue weighted by molar-refractivity contribution is 5.89. The summed E-state index contributed by atoms with van der Waals surface area (Å²) in [5.74, 6) is -1.07. The van der Waals surface area contributed by atoms with Gasteiger partial charge in [0, 0.05) is 49.7 Å². The minimum Gasteiger partial charge on any atom is -0.482 e. The van der Waals surface area contributed by atoms with E-state index >= 15 is 0 Å². The molecule has 2 aliphatic heterocycles. The van der Waals surface area contributed by atoms with E-state index in [4.69, 9.17) is 14.9 Å². The van der Waals surface area contributed by atoms with Crippen LogP contribution in [-0.2, 0) is 15.2 Å². The molecule has 0 aromatic heterocycles. The van der Waals surface area contributed by atoms with Crippen LogP contribution >= 0.6 is 0 Å². The van der Waals surface area contributed by atoms with Crippen molar-refractivity contribution in [3.63, 3.8) is 0 Å². The Labute approximate surface area is 175 Å². The summed E-state index contributed by atoms with van der Waals surface area (Å²) < 4.78 is 6.56. The van der Waals surface area contributed by atoms with Crippen molar-refractivity contribution in [1.82, 2.24) is 4.90 Å². The van der Waals surface area contributed by atoms with Gasteiger partial charge in [0.15, 0.2) is 0 Å². The number of carboxylic acids is 2. The molecule has 1 fully saturated rings. The third kappa shape index (κ3) is 4.60. The molecule has 6 nitrogen and oxygen atoms in total. The van der Waals surface area contributed by atoms with Crippen LogP contribution in [-0.4, -0.2) is 46.7 Å². The van der Waals surface area contributed by atoms with E-state index in [-0.39, 0.29) is 5.60 Å². The van der Waals surface area contributed by atoms with E-state index in [0.717, 1.165) is 31.8 Å². The Bertz CT molecular complexity index is 924. The summed E-state index contributed by atoms with van der Waals surface area (Å²) in [6.07, 6.45) is 4.13. The first kappa shape index (κ1) is 21.3. The molecule has 0 unspecified atom stereocenters. The monoisotopic (exact) mass is 407 g/mol. The number of benzene rings is 2. The number of carbonyl (C=O) groups is 2. The summed E-state index contributed by atoms with van der Waals surface area (Å²) in [4.78, 5) is 21.6. The van der Waals surface area contributed by atoms with Crippen molar-refractivity contribution in [2.24, 2.45) is 0 Å². The zero-order valence-corrected chi connectivity index (χ0v) is 16.6. The lowest BCUT2D eigenvalue weighted by Crippen LogP contribution is -2.48. The highest BCUT2D eigenvalue weighted by Gasteiger charge is 2.52. The van der Waals surface area contributed by atoms with E-state index in [0.29, 0.717) is 18.1 Å². The van der Waals surface area contributed by atoms with Crippen LogP contribution in [0.25, 0.3) is 0 Å². The van der Waals surface area contributed by atoms with Gasteiger partial charge in [-0.2, -0.15) is 0 Å². The Balaban J connectivity index is 0.000000275. The lowest BCUT2D eigenvalue weighted by molar-refractivity contribution is -0.134. The van der Waals surface area contributed by atoms with Gasteiger partial charge in [-0.3, -0.25) is 4.90 Å². The molecule has 2 atom stereocenters. The van der Waals surface area contributed by atoms with Crippen LogP contribution in [0.3, 0.4) is 0 Å². The summed E-state index contributed by atoms with van der Waals surface area (Å²) in [5.41, 5.74) is 2.44. The highest BCUT2D eigenvalue weighted by atomic mass is 16.5. The summed E-state index contributed by atoms with van der Waals surface area (Å²) >= 11 is 0. The third-order valence-corrected chi connectivity index (χ3v) is 5.41. The predicted octanol–water partition coefficient (Wildman–Crippen LogP) is 3.66. The Hall–Kier alpha value is -3.38. The molecule has 2 aromatic rings. The number of ether oxygens (including phenoxy) is 1. The van der Waals surface area contributed by atoms with Gasteiger partial charge in [0.2, 0.25) is 0 Å². The molecule has 6 heteroatoms. The second-order valence-electron chi connectivity index (χ2n) is 7.26. The van der Waals surface area contributed by atoms with E-state index in [1.54, 1.807) is 0 Å². The summed E-state index contributed by atoms with van der Waals surface area (Å²) in [6.45, 7) is 6.91. The number of carboxylic acid groups (broad SMARTS) is 2. The van der Waals surface area contributed by atoms with Crippen LogP contribution in [0.5, 0.6) is 5.75 Å². The van der Waals surface area contributed by atoms with Crippen molar-refractivity contribution < 1.29 is 24.5 Å². The maximum absolute atomic E-state index is 9.55. The standard InChI is InChI=1S/C20H21NO.C4H4O4/c1-2-13-21-14-12-20(16-8-4-3-5-9-16)18(15-21)17-10-6-7-11-19(17)22-20;5-3(6)1-2-4(7)8/h2-11,18H,1,12-15H2;1-2H,(H,5,6)(H,7,8)/b;2-1-/t18-,20+;/m1./s1. The van der Waals surface area contributed by atoms with Crippen molar-refractivity contribution in [2.75, 3.05) is 19.6 Å². The first-order valence-electron chi connectivity index (χ1n) is 9.77. The lowest BCUT2D eigenvalue weighted by Gasteiger charge is -2.43. The topological polar surface area (TPSA) is 87.1 Å². The Morgan fingerprint density at radius 2 is 1.70 bits per heavy atom. The number of aliphatic carboxylic acids is 2. The number of hydrogen-bond donors (Lipinski definition) is 2. The van der Waals surface area contributed by atoms with Gasteiger partial charge in [-0.1, -0.05) is 54.6 Å². The molecule has 0 saturated carbocycles. The van der Waals surface area contributed by atoms with Crippen molar-refractivity contribution in [3.8, 4) is 5.75 Å². The number of likely N-dealkylation sites (tertiary alicyclic amines) is 1. The third-order valence-electron chi connectivity index (χ3n) is 5.41. The number of para-hydroxylation sites is 1. The molecular weight excluding hydrogens is 382 g/mol. The molecule has 0 amide bonds. The number of hydrogen-bond acceptors (Lipinski definition) is 4. The molecule has 0 bridgehead atoms. The van der Waals surface area contributed by atoms with Crippen LogP contribution in [0.1, 0.15) is 23.5 Å². The van der Waals surface area contributed by atoms with Gasteiger partial charge in [0.25, 0.3) is 0 Å². The van der Waals surface area contributed by atoms with Gasteiger partial charge in [0.1, 0.15) is 11.4 Å². The summed E-state index contributed by atoms with van der Waals surface area (Å²) in [7, 11) is 0. The molecular formula is C24H25NO5.